The zero-order valence-electron chi connectivity index (χ0n) is 69.6. The van der Waals surface area contributed by atoms with Crippen molar-refractivity contribution in [2.45, 2.75) is 127 Å². The first kappa shape index (κ1) is 99.0. The molecule has 3 fully saturated rings. The van der Waals surface area contributed by atoms with Crippen LogP contribution in [-0.2, 0) is 117 Å². The van der Waals surface area contributed by atoms with Crippen molar-refractivity contribution in [1.82, 2.24) is 28.6 Å². The number of carbonyl (C=O) groups is 7. The van der Waals surface area contributed by atoms with Crippen LogP contribution >= 0.6 is 0 Å². The molecule has 5 atom stereocenters. The van der Waals surface area contributed by atoms with Crippen molar-refractivity contribution in [2.24, 2.45) is 5.73 Å². The van der Waals surface area contributed by atoms with Crippen molar-refractivity contribution in [3.05, 3.63) is 288 Å². The molecule has 0 aliphatic carbocycles. The number of alkyl halides is 6. The highest BCUT2D eigenvalue weighted by Gasteiger charge is 2.50. The molecule has 3 aliphatic rings. The second-order valence-corrected chi connectivity index (χ2v) is 35.0. The van der Waals surface area contributed by atoms with Gasteiger partial charge in [0, 0.05) is 51.7 Å². The van der Waals surface area contributed by atoms with Crippen LogP contribution in [0.2, 0.25) is 0 Å². The van der Waals surface area contributed by atoms with E-state index < -0.39 is 140 Å². The molecule has 28 nitrogen and oxygen atoms in total. The smallest absolute Gasteiger partial charge is 0.497 e. The lowest BCUT2D eigenvalue weighted by atomic mass is 9.98. The number of hydrogen-bond donors (Lipinski definition) is 3. The second-order valence-electron chi connectivity index (χ2n) is 29.1. The number of hydroxylamine groups is 2. The molecule has 37 heteroatoms. The first-order chi connectivity index (χ1) is 60.5. The number of Topliss-reactive ketones (excluding diaryl/α,β-unsaturated/α-hetero) is 3. The molecule has 127 heavy (non-hydrogen) atoms. The summed E-state index contributed by atoms with van der Waals surface area (Å²) in [5, 5.41) is 5.38. The minimum absolute atomic E-state index is 0.0513. The molecule has 3 amide bonds. The number of ether oxygens (including phenoxy) is 7. The molecule has 3 heterocycles. The van der Waals surface area contributed by atoms with Crippen LogP contribution < -0.4 is 30.6 Å². The van der Waals surface area contributed by atoms with Gasteiger partial charge in [-0.3, -0.25) is 28.8 Å². The summed E-state index contributed by atoms with van der Waals surface area (Å²) in [6.45, 7) is -3.75. The van der Waals surface area contributed by atoms with Gasteiger partial charge >= 0.3 is 30.0 Å². The third kappa shape index (κ3) is 29.1. The summed E-state index contributed by atoms with van der Waals surface area (Å²) in [7, 11) is -7.52. The fourth-order valence-corrected chi connectivity index (χ4v) is 17.3. The van der Waals surface area contributed by atoms with Gasteiger partial charge in [-0.1, -0.05) is 187 Å². The van der Waals surface area contributed by atoms with E-state index in [0.717, 1.165) is 0 Å². The summed E-state index contributed by atoms with van der Waals surface area (Å²) in [4.78, 5) is 88.8. The Bertz CT molecular complexity index is 5410. The normalized spacial score (nSPS) is 15.5. The lowest BCUT2D eigenvalue weighted by molar-refractivity contribution is -0.178. The number of methoxy groups -OCH3 is 3. The Labute approximate surface area is 732 Å². The number of amides is 3. The summed E-state index contributed by atoms with van der Waals surface area (Å²) in [6, 6.07) is 62.4. The van der Waals surface area contributed by atoms with E-state index in [1.165, 1.54) is 101 Å². The maximum absolute atomic E-state index is 15.9. The zero-order valence-corrected chi connectivity index (χ0v) is 72.0. The fraction of sp³-hybridized carbons (Fsp3) is 0.322. The predicted octanol–water partition coefficient (Wildman–Crippen LogP) is 11.8. The van der Waals surface area contributed by atoms with Gasteiger partial charge in [0.1, 0.15) is 35.5 Å². The van der Waals surface area contributed by atoms with Crippen LogP contribution in [0.5, 0.6) is 17.2 Å². The van der Waals surface area contributed by atoms with Crippen molar-refractivity contribution in [2.75, 3.05) is 74.4 Å². The Hall–Kier alpha value is -11.8. The van der Waals surface area contributed by atoms with Crippen LogP contribution in [0.15, 0.2) is 269 Å². The van der Waals surface area contributed by atoms with Gasteiger partial charge in [-0.15, -0.1) is 0 Å². The highest BCUT2D eigenvalue weighted by atomic mass is 32.2. The quantitative estimate of drug-likeness (QED) is 0.0184. The zero-order chi connectivity index (χ0) is 92.0. The maximum atomic E-state index is 15.9. The number of rotatable bonds is 38. The van der Waals surface area contributed by atoms with E-state index in [2.05, 4.69) is 15.5 Å². The maximum Gasteiger partial charge on any atom is 0.534 e. The predicted molar refractivity (Wildman–Crippen MR) is 453 cm³/mol. The van der Waals surface area contributed by atoms with Crippen molar-refractivity contribution in [1.29, 1.82) is 0 Å². The highest BCUT2D eigenvalue weighted by molar-refractivity contribution is 7.89. The average Bonchev–Trinajstić information content (AvgIpc) is 1.43. The third-order valence-electron chi connectivity index (χ3n) is 19.9. The number of nitrogens with two attached hydrogens (primary N) is 1. The van der Waals surface area contributed by atoms with E-state index in [9.17, 15) is 58.8 Å². The van der Waals surface area contributed by atoms with Crippen LogP contribution in [0.4, 0.5) is 35.9 Å². The largest absolute Gasteiger partial charge is 0.534 e. The molecule has 12 rings (SSSR count). The molecule has 0 radical (unpaired) electrons. The number of halogens is 6. The summed E-state index contributed by atoms with van der Waals surface area (Å²) < 4.78 is 211. The van der Waals surface area contributed by atoms with Gasteiger partial charge in [0.25, 0.3) is 11.8 Å². The number of alkyl carbamates (subject to hydrolysis) is 1. The molecule has 2 unspecified atom stereocenters. The van der Waals surface area contributed by atoms with E-state index >= 15 is 26.3 Å². The Morgan fingerprint density at radius 3 is 1.02 bits per heavy atom. The molecule has 0 aromatic heterocycles. The molecule has 0 saturated carbocycles. The van der Waals surface area contributed by atoms with Gasteiger partial charge in [0.05, 0.1) is 94.2 Å². The van der Waals surface area contributed by atoms with E-state index in [-0.39, 0.29) is 72.6 Å². The van der Waals surface area contributed by atoms with Gasteiger partial charge in [-0.2, -0.15) is 39.3 Å². The van der Waals surface area contributed by atoms with Gasteiger partial charge in [0.2, 0.25) is 47.4 Å². The van der Waals surface area contributed by atoms with Crippen molar-refractivity contribution in [3.8, 4) is 17.2 Å². The number of ketones is 3. The fourth-order valence-electron chi connectivity index (χ4n) is 13.0. The number of carbonyl (C=O) groups excluding carboxylic acids is 7. The molecular weight excluding hydrogens is 1730 g/mol. The van der Waals surface area contributed by atoms with Gasteiger partial charge in [-0.25, -0.2) is 34.8 Å². The van der Waals surface area contributed by atoms with E-state index in [1.807, 2.05) is 0 Å². The monoisotopic (exact) mass is 1820 g/mol. The number of sulfonamides is 3. The third-order valence-corrected chi connectivity index (χ3v) is 25.3. The number of hydrogen-bond acceptors (Lipinski definition) is 23. The summed E-state index contributed by atoms with van der Waals surface area (Å²) >= 11 is 0. The van der Waals surface area contributed by atoms with Crippen LogP contribution in [0.3, 0.4) is 0 Å². The van der Waals surface area contributed by atoms with Crippen LogP contribution in [-0.4, -0.2) is 207 Å². The van der Waals surface area contributed by atoms with Crippen LogP contribution in [0.1, 0.15) is 59.1 Å². The van der Waals surface area contributed by atoms with Gasteiger partial charge in [-0.05, 0) is 126 Å². The molecule has 9 aromatic carbocycles. The lowest BCUT2D eigenvalue weighted by Gasteiger charge is -2.29. The van der Waals surface area contributed by atoms with Crippen molar-refractivity contribution >= 4 is 71.5 Å². The molecule has 9 aromatic rings. The molecule has 3 aliphatic heterocycles. The van der Waals surface area contributed by atoms with Crippen LogP contribution in [0.25, 0.3) is 0 Å². The van der Waals surface area contributed by atoms with E-state index in [4.69, 9.17) is 38.9 Å². The standard InChI is InChI=1S/C30H32F2N2O7S.C26H28F2N2O4S.C25H26F2N2O4S.C9H11NO6/c1-39-24-12-14-26(15-13-24)42(37,38)34(19-23-10-6-3-7-11-23)21-30(31,32)28(35)27(18-22-8-4-2-5-9-22)33-29(36)41-25-16-17-40-20-25;1-29-24(17-20-9-5-3-6-10-20)25(31)26(27,28)19-30(18-21-11-7-4-8-12-21)35(32,33)23-15-13-22(34-2)14-16-23;1-33-21-12-14-22(15-13-21)34(31,32)29(17-20-10-6-3-7-11-20)18-25(26,27)24(30)23(28)16-19-8-4-2-5-9-19;11-7-1-2-8(12)10(7)16-9(13)15-6-3-4-14-5-6/h2-15,25,27H,16-21H2,1H3,(H,33,36);3-16,24,29H,17-19H2,1-2H3;2-15,23H,16-18,28H2,1H3;6H,1-5H2/t25?,27-;24-;23-;/m000./s1. The minimum atomic E-state index is -4.49. The highest BCUT2D eigenvalue weighted by Crippen LogP contribution is 2.33. The van der Waals surface area contributed by atoms with E-state index in [1.54, 1.807) is 182 Å². The Morgan fingerprint density at radius 1 is 0.425 bits per heavy atom. The number of benzene rings is 9. The molecule has 0 spiro atoms. The second kappa shape index (κ2) is 46.6. The Balaban J connectivity index is 0.000000199. The summed E-state index contributed by atoms with van der Waals surface area (Å²) in [5.74, 6) is -16.5. The first-order valence-electron chi connectivity index (χ1n) is 39.8. The summed E-state index contributed by atoms with van der Waals surface area (Å²) in [6.07, 6.45) is -2.12. The average molecular weight is 1820 g/mol. The molecular formula is C90H97F6N7O21S3. The molecule has 3 saturated heterocycles. The number of likely N-dealkylation sites (N-methyl/N-ethyl adjacent to an activating group) is 1. The van der Waals surface area contributed by atoms with Gasteiger partial charge < -0.3 is 49.5 Å². The number of imide groups is 1. The SMILES string of the molecule is CN[C@@H](Cc1ccccc1)C(=O)C(F)(F)CN(Cc1ccccc1)S(=O)(=O)c1ccc(OC)cc1.COc1ccc(S(=O)(=O)N(Cc2ccccc2)CC(F)(F)C(=O)[C@@H](N)Cc2ccccc2)cc1.COc1ccc(S(=O)(=O)N(Cc2ccccc2)CC(F)(F)C(=O)[C@H](Cc2ccccc2)NC(=O)OC2CCOC2)cc1.O=C(OC1CCOC1)ON1C(=O)CCC1=O. The molecule has 4 N–H and O–H groups in total. The molecule has 678 valence electrons. The number of nitrogens with one attached hydrogen (secondary N) is 2. The summed E-state index contributed by atoms with van der Waals surface area (Å²) in [5.41, 5.74) is 9.12. The van der Waals surface area contributed by atoms with Crippen molar-refractivity contribution < 1.29 is 123 Å². The minimum Gasteiger partial charge on any atom is -0.497 e. The first-order valence-corrected chi connectivity index (χ1v) is 44.1. The van der Waals surface area contributed by atoms with E-state index in [0.29, 0.717) is 101 Å². The lowest BCUT2D eigenvalue weighted by Crippen LogP contribution is -2.54. The number of nitrogens with zero attached hydrogens (tertiary/aromatic N) is 4. The Kier molecular flexibility index (Phi) is 36.3. The molecule has 0 bridgehead atoms. The van der Waals surface area contributed by atoms with Crippen LogP contribution in [0, 0.1) is 0 Å². The van der Waals surface area contributed by atoms with Gasteiger partial charge in [0.15, 0.2) is 0 Å². The topological polar surface area (TPSA) is 359 Å². The Morgan fingerprint density at radius 2 is 0.717 bits per heavy atom. The van der Waals surface area contributed by atoms with Crippen molar-refractivity contribution in [3.63, 3.8) is 0 Å².